The number of nitrogens with two attached hydrogens (primary N) is 1. The molecule has 0 aromatic rings. The topological polar surface area (TPSA) is 41.3 Å². The number of rotatable bonds is 4. The summed E-state index contributed by atoms with van der Waals surface area (Å²) in [5, 5.41) is 3.46. The van der Waals surface area contributed by atoms with Gasteiger partial charge in [0.05, 0.1) is 0 Å². The van der Waals surface area contributed by atoms with Gasteiger partial charge < -0.3 is 16.0 Å². The molecular weight excluding hydrogens is 198 g/mol. The standard InChI is InChI=1S/C13H27N3/c14-9-13(12-5-6-15-10-12)11-16-7-3-1-2-4-8-16/h12-13,15H,1-11,14H2. The molecule has 0 aliphatic carbocycles. The minimum atomic E-state index is 0.716. The first-order valence-electron chi connectivity index (χ1n) is 7.03. The molecule has 0 saturated carbocycles. The van der Waals surface area contributed by atoms with Crippen LogP contribution in [-0.2, 0) is 0 Å². The van der Waals surface area contributed by atoms with Crippen molar-refractivity contribution in [3.05, 3.63) is 0 Å². The first-order valence-corrected chi connectivity index (χ1v) is 7.03. The Balaban J connectivity index is 1.79. The molecule has 0 aromatic heterocycles. The lowest BCUT2D eigenvalue weighted by Crippen LogP contribution is -2.38. The van der Waals surface area contributed by atoms with E-state index >= 15 is 0 Å². The molecule has 2 unspecified atom stereocenters. The van der Waals surface area contributed by atoms with E-state index in [1.54, 1.807) is 0 Å². The Kier molecular flexibility index (Phi) is 5.07. The predicted octanol–water partition coefficient (Wildman–Crippen LogP) is 1.05. The van der Waals surface area contributed by atoms with Gasteiger partial charge in [0.25, 0.3) is 0 Å². The zero-order chi connectivity index (χ0) is 11.2. The van der Waals surface area contributed by atoms with Crippen LogP contribution < -0.4 is 11.1 Å². The first-order chi connectivity index (χ1) is 7.90. The van der Waals surface area contributed by atoms with Crippen LogP contribution in [-0.4, -0.2) is 44.2 Å². The molecule has 2 rings (SSSR count). The van der Waals surface area contributed by atoms with Crippen LogP contribution >= 0.6 is 0 Å². The Morgan fingerprint density at radius 1 is 1.19 bits per heavy atom. The van der Waals surface area contributed by atoms with Crippen molar-refractivity contribution >= 4 is 0 Å². The Morgan fingerprint density at radius 2 is 1.94 bits per heavy atom. The largest absolute Gasteiger partial charge is 0.330 e. The molecule has 2 fully saturated rings. The van der Waals surface area contributed by atoms with Gasteiger partial charge in [-0.3, -0.25) is 0 Å². The van der Waals surface area contributed by atoms with Gasteiger partial charge >= 0.3 is 0 Å². The van der Waals surface area contributed by atoms with E-state index < -0.39 is 0 Å². The van der Waals surface area contributed by atoms with Gasteiger partial charge in [0, 0.05) is 6.54 Å². The lowest BCUT2D eigenvalue weighted by molar-refractivity contribution is 0.204. The van der Waals surface area contributed by atoms with Crippen LogP contribution in [0.25, 0.3) is 0 Å². The minimum Gasteiger partial charge on any atom is -0.330 e. The highest BCUT2D eigenvalue weighted by Gasteiger charge is 2.25. The number of likely N-dealkylation sites (tertiary alicyclic amines) is 1. The summed E-state index contributed by atoms with van der Waals surface area (Å²) < 4.78 is 0. The second-order valence-corrected chi connectivity index (χ2v) is 5.46. The molecule has 2 aliphatic rings. The third kappa shape index (κ3) is 3.44. The van der Waals surface area contributed by atoms with Gasteiger partial charge in [0.15, 0.2) is 0 Å². The highest BCUT2D eigenvalue weighted by molar-refractivity contribution is 4.81. The molecule has 0 radical (unpaired) electrons. The van der Waals surface area contributed by atoms with Crippen molar-refractivity contribution < 1.29 is 0 Å². The maximum atomic E-state index is 5.95. The highest BCUT2D eigenvalue weighted by atomic mass is 15.1. The molecule has 2 heterocycles. The number of hydrogen-bond donors (Lipinski definition) is 2. The van der Waals surface area contributed by atoms with Crippen LogP contribution in [0.1, 0.15) is 32.1 Å². The highest BCUT2D eigenvalue weighted by Crippen LogP contribution is 2.20. The van der Waals surface area contributed by atoms with Crippen LogP contribution in [0.3, 0.4) is 0 Å². The van der Waals surface area contributed by atoms with E-state index in [4.69, 9.17) is 5.73 Å². The summed E-state index contributed by atoms with van der Waals surface area (Å²) >= 11 is 0. The summed E-state index contributed by atoms with van der Waals surface area (Å²) in [6.07, 6.45) is 6.96. The van der Waals surface area contributed by atoms with Crippen molar-refractivity contribution in [1.82, 2.24) is 10.2 Å². The molecular formula is C13H27N3. The molecule has 3 nitrogen and oxygen atoms in total. The molecule has 0 bridgehead atoms. The van der Waals surface area contributed by atoms with Crippen molar-refractivity contribution in [3.8, 4) is 0 Å². The average molecular weight is 225 g/mol. The van der Waals surface area contributed by atoms with Gasteiger partial charge in [-0.15, -0.1) is 0 Å². The van der Waals surface area contributed by atoms with Crippen LogP contribution in [0, 0.1) is 11.8 Å². The number of nitrogens with zero attached hydrogens (tertiary/aromatic N) is 1. The van der Waals surface area contributed by atoms with Gasteiger partial charge in [-0.25, -0.2) is 0 Å². The van der Waals surface area contributed by atoms with Crippen LogP contribution in [0.4, 0.5) is 0 Å². The van der Waals surface area contributed by atoms with E-state index in [0.717, 1.165) is 12.5 Å². The van der Waals surface area contributed by atoms with E-state index in [0.29, 0.717) is 5.92 Å². The van der Waals surface area contributed by atoms with Crippen LogP contribution in [0.5, 0.6) is 0 Å². The van der Waals surface area contributed by atoms with Gasteiger partial charge in [-0.2, -0.15) is 0 Å². The Morgan fingerprint density at radius 3 is 2.50 bits per heavy atom. The van der Waals surface area contributed by atoms with Crippen molar-refractivity contribution in [2.45, 2.75) is 32.1 Å². The third-order valence-electron chi connectivity index (χ3n) is 4.26. The molecule has 94 valence electrons. The minimum absolute atomic E-state index is 0.716. The Labute approximate surface area is 99.8 Å². The maximum absolute atomic E-state index is 5.95. The summed E-state index contributed by atoms with van der Waals surface area (Å²) in [5.41, 5.74) is 5.95. The van der Waals surface area contributed by atoms with Gasteiger partial charge in [-0.1, -0.05) is 12.8 Å². The lowest BCUT2D eigenvalue weighted by Gasteiger charge is -2.28. The summed E-state index contributed by atoms with van der Waals surface area (Å²) in [5.74, 6) is 1.54. The summed E-state index contributed by atoms with van der Waals surface area (Å²) in [6.45, 7) is 7.09. The van der Waals surface area contributed by atoms with Gasteiger partial charge in [-0.05, 0) is 63.8 Å². The van der Waals surface area contributed by atoms with Crippen LogP contribution in [0.2, 0.25) is 0 Å². The van der Waals surface area contributed by atoms with Gasteiger partial charge in [0.1, 0.15) is 0 Å². The van der Waals surface area contributed by atoms with Crippen LogP contribution in [0.15, 0.2) is 0 Å². The third-order valence-corrected chi connectivity index (χ3v) is 4.26. The maximum Gasteiger partial charge on any atom is 0.00249 e. The van der Waals surface area contributed by atoms with Crippen molar-refractivity contribution in [2.24, 2.45) is 17.6 Å². The quantitative estimate of drug-likeness (QED) is 0.751. The normalized spacial score (nSPS) is 30.2. The van der Waals surface area contributed by atoms with E-state index in [1.165, 1.54) is 64.8 Å². The number of nitrogens with one attached hydrogen (secondary N) is 1. The lowest BCUT2D eigenvalue weighted by atomic mass is 9.91. The second kappa shape index (κ2) is 6.58. The van der Waals surface area contributed by atoms with E-state index in [9.17, 15) is 0 Å². The molecule has 2 atom stereocenters. The average Bonchev–Trinajstić information content (AvgIpc) is 2.71. The predicted molar refractivity (Wildman–Crippen MR) is 68.4 cm³/mol. The number of hydrogen-bond acceptors (Lipinski definition) is 3. The van der Waals surface area contributed by atoms with Crippen molar-refractivity contribution in [2.75, 3.05) is 39.3 Å². The zero-order valence-corrected chi connectivity index (χ0v) is 10.5. The van der Waals surface area contributed by atoms with Crippen molar-refractivity contribution in [1.29, 1.82) is 0 Å². The molecule has 16 heavy (non-hydrogen) atoms. The summed E-state index contributed by atoms with van der Waals surface area (Å²) in [7, 11) is 0. The van der Waals surface area contributed by atoms with Crippen molar-refractivity contribution in [3.63, 3.8) is 0 Å². The summed E-state index contributed by atoms with van der Waals surface area (Å²) in [6, 6.07) is 0. The van der Waals surface area contributed by atoms with Gasteiger partial charge in [0.2, 0.25) is 0 Å². The zero-order valence-electron chi connectivity index (χ0n) is 10.5. The Hall–Kier alpha value is -0.120. The van der Waals surface area contributed by atoms with E-state index in [-0.39, 0.29) is 0 Å². The first kappa shape index (κ1) is 12.3. The fraction of sp³-hybridized carbons (Fsp3) is 1.00. The Bertz CT molecular complexity index is 182. The SMILES string of the molecule is NCC(CN1CCCCCC1)C1CCNC1. The summed E-state index contributed by atoms with van der Waals surface area (Å²) in [4.78, 5) is 2.66. The van der Waals surface area contributed by atoms with E-state index in [1.807, 2.05) is 0 Å². The fourth-order valence-corrected chi connectivity index (χ4v) is 3.15. The molecule has 0 amide bonds. The molecule has 0 spiro atoms. The fourth-order valence-electron chi connectivity index (χ4n) is 3.15. The monoisotopic (exact) mass is 225 g/mol. The second-order valence-electron chi connectivity index (χ2n) is 5.46. The smallest absolute Gasteiger partial charge is 0.00249 e. The molecule has 2 saturated heterocycles. The molecule has 2 aliphatic heterocycles. The molecule has 3 N–H and O–H groups in total. The molecule has 0 aromatic carbocycles. The molecule has 3 heteroatoms. The van der Waals surface area contributed by atoms with E-state index in [2.05, 4.69) is 10.2 Å².